The number of carbonyl (C=O) groups is 2. The van der Waals surface area contributed by atoms with E-state index in [1.165, 1.54) is 0 Å². The van der Waals surface area contributed by atoms with Crippen LogP contribution in [-0.2, 0) is 4.79 Å². The van der Waals surface area contributed by atoms with Crippen molar-refractivity contribution in [2.75, 3.05) is 6.61 Å². The molecule has 0 saturated carbocycles. The zero-order valence-electron chi connectivity index (χ0n) is 13.5. The molecule has 0 aliphatic rings. The number of nitrogens with one attached hydrogen (secondary N) is 3. The summed E-state index contributed by atoms with van der Waals surface area (Å²) in [5.41, 5.74) is 5.36. The second-order valence-corrected chi connectivity index (χ2v) is 5.25. The first-order chi connectivity index (χ1) is 11.1. The van der Waals surface area contributed by atoms with Crippen molar-refractivity contribution in [2.24, 2.45) is 0 Å². The van der Waals surface area contributed by atoms with Crippen LogP contribution in [0.4, 0.5) is 0 Å². The second kappa shape index (κ2) is 10.6. The minimum atomic E-state index is -0.396. The molecule has 2 amide bonds. The van der Waals surface area contributed by atoms with Crippen LogP contribution in [0.5, 0.6) is 5.75 Å². The Hall–Kier alpha value is -2.15. The van der Waals surface area contributed by atoms with Crippen LogP contribution in [0.3, 0.4) is 0 Å². The minimum absolute atomic E-state index is 0.0325. The SMILES string of the molecule is CCCCCC(=O)NNC(=S)NC(=O)c1ccccc1OCC. The minimum Gasteiger partial charge on any atom is -0.493 e. The number of rotatable bonds is 7. The van der Waals surface area contributed by atoms with Gasteiger partial charge in [0.25, 0.3) is 5.91 Å². The Morgan fingerprint density at radius 2 is 1.87 bits per heavy atom. The number of ether oxygens (including phenoxy) is 1. The fourth-order valence-corrected chi connectivity index (χ4v) is 2.01. The Kier molecular flexibility index (Phi) is 8.67. The van der Waals surface area contributed by atoms with Gasteiger partial charge in [0.2, 0.25) is 5.91 Å². The van der Waals surface area contributed by atoms with E-state index in [9.17, 15) is 9.59 Å². The summed E-state index contributed by atoms with van der Waals surface area (Å²) in [7, 11) is 0. The van der Waals surface area contributed by atoms with Crippen molar-refractivity contribution in [1.82, 2.24) is 16.2 Å². The highest BCUT2D eigenvalue weighted by molar-refractivity contribution is 7.80. The lowest BCUT2D eigenvalue weighted by atomic mass is 10.2. The lowest BCUT2D eigenvalue weighted by Crippen LogP contribution is -2.48. The normalized spacial score (nSPS) is 9.83. The highest BCUT2D eigenvalue weighted by Crippen LogP contribution is 2.17. The molecule has 0 spiro atoms. The molecule has 7 heteroatoms. The Morgan fingerprint density at radius 1 is 1.13 bits per heavy atom. The molecular weight excluding hydrogens is 314 g/mol. The first kappa shape index (κ1) is 18.9. The van der Waals surface area contributed by atoms with Crippen LogP contribution in [0.1, 0.15) is 49.9 Å². The van der Waals surface area contributed by atoms with E-state index in [4.69, 9.17) is 17.0 Å². The average Bonchev–Trinajstić information content (AvgIpc) is 2.54. The van der Waals surface area contributed by atoms with E-state index >= 15 is 0 Å². The Labute approximate surface area is 141 Å². The molecule has 0 atom stereocenters. The third kappa shape index (κ3) is 7.10. The third-order valence-electron chi connectivity index (χ3n) is 2.98. The molecule has 0 aliphatic heterocycles. The van der Waals surface area contributed by atoms with Crippen molar-refractivity contribution in [3.63, 3.8) is 0 Å². The fraction of sp³-hybridized carbons (Fsp3) is 0.438. The first-order valence-electron chi connectivity index (χ1n) is 7.70. The van der Waals surface area contributed by atoms with Gasteiger partial charge in [-0.25, -0.2) is 0 Å². The zero-order valence-corrected chi connectivity index (χ0v) is 14.3. The highest BCUT2D eigenvalue weighted by atomic mass is 32.1. The standard InChI is InChI=1S/C16H23N3O3S/c1-3-5-6-11-14(20)18-19-16(23)17-15(21)12-9-7-8-10-13(12)22-4-2/h7-10H,3-6,11H2,1-2H3,(H,18,20)(H2,17,19,21,23). The lowest BCUT2D eigenvalue weighted by Gasteiger charge is -2.12. The fourth-order valence-electron chi connectivity index (χ4n) is 1.86. The third-order valence-corrected chi connectivity index (χ3v) is 3.19. The van der Waals surface area contributed by atoms with Crippen molar-refractivity contribution in [3.8, 4) is 5.75 Å². The molecule has 0 aliphatic carbocycles. The predicted molar refractivity (Wildman–Crippen MR) is 93.1 cm³/mol. The number of hydrogen-bond acceptors (Lipinski definition) is 4. The molecule has 0 saturated heterocycles. The van der Waals surface area contributed by atoms with Crippen LogP contribution in [0.2, 0.25) is 0 Å². The summed E-state index contributed by atoms with van der Waals surface area (Å²) in [5, 5.41) is 2.54. The van der Waals surface area contributed by atoms with E-state index in [1.54, 1.807) is 24.3 Å². The smallest absolute Gasteiger partial charge is 0.261 e. The van der Waals surface area contributed by atoms with E-state index < -0.39 is 5.91 Å². The van der Waals surface area contributed by atoms with Gasteiger partial charge in [0, 0.05) is 6.42 Å². The van der Waals surface area contributed by atoms with E-state index in [-0.39, 0.29) is 11.0 Å². The number of thiocarbonyl (C=S) groups is 1. The maximum atomic E-state index is 12.2. The van der Waals surface area contributed by atoms with Crippen LogP contribution in [0, 0.1) is 0 Å². The number of carbonyl (C=O) groups excluding carboxylic acids is 2. The van der Waals surface area contributed by atoms with Crippen LogP contribution < -0.4 is 20.9 Å². The van der Waals surface area contributed by atoms with E-state index in [0.717, 1.165) is 19.3 Å². The van der Waals surface area contributed by atoms with Crippen molar-refractivity contribution in [2.45, 2.75) is 39.5 Å². The van der Waals surface area contributed by atoms with Gasteiger partial charge in [-0.3, -0.25) is 25.8 Å². The number of hydrogen-bond donors (Lipinski definition) is 3. The lowest BCUT2D eigenvalue weighted by molar-refractivity contribution is -0.121. The van der Waals surface area contributed by atoms with Crippen LogP contribution in [0.25, 0.3) is 0 Å². The average molecular weight is 337 g/mol. The number of para-hydroxylation sites is 1. The Morgan fingerprint density at radius 3 is 2.57 bits per heavy atom. The topological polar surface area (TPSA) is 79.5 Å². The van der Waals surface area contributed by atoms with Gasteiger partial charge < -0.3 is 4.74 Å². The maximum Gasteiger partial charge on any atom is 0.261 e. The van der Waals surface area contributed by atoms with Gasteiger partial charge in [-0.05, 0) is 37.7 Å². The van der Waals surface area contributed by atoms with E-state index in [1.807, 2.05) is 6.92 Å². The van der Waals surface area contributed by atoms with Gasteiger partial charge in [0.15, 0.2) is 5.11 Å². The molecule has 0 aromatic heterocycles. The molecule has 1 aromatic carbocycles. The molecule has 0 fully saturated rings. The van der Waals surface area contributed by atoms with Crippen LogP contribution >= 0.6 is 12.2 Å². The molecular formula is C16H23N3O3S. The Balaban J connectivity index is 2.45. The van der Waals surface area contributed by atoms with Gasteiger partial charge in [-0.2, -0.15) is 0 Å². The molecule has 1 rings (SSSR count). The van der Waals surface area contributed by atoms with Gasteiger partial charge in [0.1, 0.15) is 5.75 Å². The molecule has 0 radical (unpaired) electrons. The predicted octanol–water partition coefficient (Wildman–Crippen LogP) is 2.30. The van der Waals surface area contributed by atoms with Crippen LogP contribution in [-0.4, -0.2) is 23.5 Å². The summed E-state index contributed by atoms with van der Waals surface area (Å²) in [6.07, 6.45) is 3.30. The Bertz CT molecular complexity index is 549. The van der Waals surface area contributed by atoms with Crippen molar-refractivity contribution >= 4 is 29.1 Å². The molecule has 23 heavy (non-hydrogen) atoms. The molecule has 0 heterocycles. The zero-order chi connectivity index (χ0) is 17.1. The second-order valence-electron chi connectivity index (χ2n) is 4.84. The first-order valence-corrected chi connectivity index (χ1v) is 8.11. The summed E-state index contributed by atoms with van der Waals surface area (Å²) >= 11 is 4.99. The largest absolute Gasteiger partial charge is 0.493 e. The molecule has 3 N–H and O–H groups in total. The summed E-state index contributed by atoms with van der Waals surface area (Å²) in [6.45, 7) is 4.37. The number of unbranched alkanes of at least 4 members (excludes halogenated alkanes) is 2. The summed E-state index contributed by atoms with van der Waals surface area (Å²) in [4.78, 5) is 23.7. The quantitative estimate of drug-likeness (QED) is 0.404. The molecule has 126 valence electrons. The van der Waals surface area contributed by atoms with Gasteiger partial charge >= 0.3 is 0 Å². The molecule has 0 bridgehead atoms. The number of benzene rings is 1. The molecule has 0 unspecified atom stereocenters. The molecule has 6 nitrogen and oxygen atoms in total. The molecule has 1 aromatic rings. The number of hydrazine groups is 1. The maximum absolute atomic E-state index is 12.2. The number of amides is 2. The summed E-state index contributed by atoms with van der Waals surface area (Å²) in [6, 6.07) is 6.88. The van der Waals surface area contributed by atoms with Crippen molar-refractivity contribution < 1.29 is 14.3 Å². The summed E-state index contributed by atoms with van der Waals surface area (Å²) in [5.74, 6) is -0.0737. The van der Waals surface area contributed by atoms with E-state index in [0.29, 0.717) is 24.3 Å². The summed E-state index contributed by atoms with van der Waals surface area (Å²) < 4.78 is 5.40. The van der Waals surface area contributed by atoms with Gasteiger partial charge in [0.05, 0.1) is 12.2 Å². The van der Waals surface area contributed by atoms with Crippen LogP contribution in [0.15, 0.2) is 24.3 Å². The monoisotopic (exact) mass is 337 g/mol. The highest BCUT2D eigenvalue weighted by Gasteiger charge is 2.13. The van der Waals surface area contributed by atoms with E-state index in [2.05, 4.69) is 23.1 Å². The van der Waals surface area contributed by atoms with Gasteiger partial charge in [-0.1, -0.05) is 31.9 Å². The van der Waals surface area contributed by atoms with Crippen molar-refractivity contribution in [1.29, 1.82) is 0 Å². The van der Waals surface area contributed by atoms with Crippen molar-refractivity contribution in [3.05, 3.63) is 29.8 Å². The van der Waals surface area contributed by atoms with Gasteiger partial charge in [-0.15, -0.1) is 0 Å².